The summed E-state index contributed by atoms with van der Waals surface area (Å²) in [5.41, 5.74) is 0. The lowest BCUT2D eigenvalue weighted by Crippen LogP contribution is -2.47. The van der Waals surface area contributed by atoms with E-state index in [1.54, 1.807) is 0 Å². The van der Waals surface area contributed by atoms with E-state index in [9.17, 15) is 19.0 Å². The van der Waals surface area contributed by atoms with Gasteiger partial charge in [0.2, 0.25) is 5.91 Å². The highest BCUT2D eigenvalue weighted by atomic mass is 31.2. The van der Waals surface area contributed by atoms with Crippen LogP contribution in [-0.2, 0) is 27.9 Å². The molecule has 0 aliphatic heterocycles. The van der Waals surface area contributed by atoms with Gasteiger partial charge in [0, 0.05) is 12.8 Å². The van der Waals surface area contributed by atoms with Crippen molar-refractivity contribution in [3.8, 4) is 0 Å². The number of hydrogen-bond acceptors (Lipinski definition) is 7. The number of carbonyl (C=O) groups excluding carboxylic acids is 2. The molecule has 0 fully saturated rings. The fraction of sp³-hybridized carbons (Fsp3) is 0.662. The second kappa shape index (κ2) is 53.8. The molecule has 0 aromatic heterocycles. The lowest BCUT2D eigenvalue weighted by atomic mass is 10.0. The van der Waals surface area contributed by atoms with Gasteiger partial charge in [-0.2, -0.15) is 0 Å². The molecular weight excluding hydrogens is 952 g/mol. The Bertz CT molecular complexity index is 1700. The average Bonchev–Trinajstić information content (AvgIpc) is 3.37. The predicted molar refractivity (Wildman–Crippen MR) is 320 cm³/mol. The number of phosphoric ester groups is 1. The minimum Gasteiger partial charge on any atom is -0.756 e. The van der Waals surface area contributed by atoms with Crippen LogP contribution in [0.1, 0.15) is 226 Å². The summed E-state index contributed by atoms with van der Waals surface area (Å²) in [5.74, 6) is -0.615. The standard InChI is InChI=1S/C65H111N2O7P/c1-7-10-13-16-19-22-25-28-30-32-33-35-37-40-43-46-49-52-55-58-65(69)74-63(56-53-50-47-44-41-38-27-24-21-18-15-12-9-3)62(61-73-75(70,71)72-60-59-67(4,5)6)66-64(68)57-54-51-48-45-42-39-36-34-31-29-26-23-20-17-14-11-8-2/h11,14,17,19-20,22-23,26,28-31,33-36,39,42,53,56,62-63H,7-10,12-13,15-16,18,21,24-25,27,32,37-38,40-41,43-52,54-55,57-61H2,1-6H3,(H-,66,68,70,71)/b14-11-,20-17+,22-19-,26-23+,30-28-,31-29-,35-33-,36-34+,42-39+,56-53+. The van der Waals surface area contributed by atoms with Crippen molar-refractivity contribution < 1.29 is 37.3 Å². The fourth-order valence-corrected chi connectivity index (χ4v) is 8.63. The highest BCUT2D eigenvalue weighted by Crippen LogP contribution is 2.38. The molecule has 0 spiro atoms. The van der Waals surface area contributed by atoms with Crippen molar-refractivity contribution in [1.29, 1.82) is 0 Å². The van der Waals surface area contributed by atoms with E-state index in [0.717, 1.165) is 96.3 Å². The van der Waals surface area contributed by atoms with Gasteiger partial charge in [-0.25, -0.2) is 0 Å². The van der Waals surface area contributed by atoms with Gasteiger partial charge in [0.25, 0.3) is 7.82 Å². The monoisotopic (exact) mass is 1060 g/mol. The molecule has 428 valence electrons. The highest BCUT2D eigenvalue weighted by Gasteiger charge is 2.27. The van der Waals surface area contributed by atoms with Gasteiger partial charge in [-0.1, -0.05) is 245 Å². The van der Waals surface area contributed by atoms with Crippen LogP contribution in [0.25, 0.3) is 0 Å². The Morgan fingerprint density at radius 2 is 0.907 bits per heavy atom. The van der Waals surface area contributed by atoms with Crippen LogP contribution >= 0.6 is 7.82 Å². The molecule has 3 unspecified atom stereocenters. The van der Waals surface area contributed by atoms with E-state index < -0.39 is 26.6 Å². The number of nitrogens with zero attached hydrogens (tertiary/aromatic N) is 1. The number of carbonyl (C=O) groups is 2. The molecule has 0 aliphatic carbocycles. The Labute approximate surface area is 461 Å². The molecule has 0 heterocycles. The van der Waals surface area contributed by atoms with Crippen LogP contribution in [0.3, 0.4) is 0 Å². The van der Waals surface area contributed by atoms with Gasteiger partial charge in [-0.15, -0.1) is 0 Å². The SMILES string of the molecule is CC\C=C/C=C/C=C/C=C\C=C\C=C\CCCCCC(=O)NC(COP(=O)([O-])OCC[N+](C)(C)C)C(/C=C/CCCCCCCCCCCCC)OC(=O)CCCCCCCC/C=C\C/C=C\C/C=C\CCCCC. The second-order valence-corrected chi connectivity index (χ2v) is 22.3. The lowest BCUT2D eigenvalue weighted by Gasteiger charge is -2.30. The third kappa shape index (κ3) is 55.0. The van der Waals surface area contributed by atoms with Crippen LogP contribution in [0, 0.1) is 0 Å². The van der Waals surface area contributed by atoms with E-state index in [1.165, 1.54) is 83.5 Å². The number of hydrogen-bond donors (Lipinski definition) is 1. The molecule has 0 aromatic rings. The van der Waals surface area contributed by atoms with Gasteiger partial charge >= 0.3 is 5.97 Å². The van der Waals surface area contributed by atoms with Gasteiger partial charge < -0.3 is 28.5 Å². The van der Waals surface area contributed by atoms with E-state index in [0.29, 0.717) is 23.9 Å². The van der Waals surface area contributed by atoms with Gasteiger partial charge in [0.15, 0.2) is 0 Å². The Balaban J connectivity index is 5.46. The van der Waals surface area contributed by atoms with Crippen LogP contribution in [0.5, 0.6) is 0 Å². The maximum absolute atomic E-state index is 13.5. The normalized spacial score (nSPS) is 14.6. The number of phosphoric acid groups is 1. The summed E-state index contributed by atoms with van der Waals surface area (Å²) in [5, 5.41) is 2.99. The van der Waals surface area contributed by atoms with E-state index in [4.69, 9.17) is 13.8 Å². The first-order valence-corrected chi connectivity index (χ1v) is 31.4. The number of rotatable bonds is 52. The van der Waals surface area contributed by atoms with Crippen LogP contribution in [0.2, 0.25) is 0 Å². The van der Waals surface area contributed by atoms with E-state index >= 15 is 0 Å². The summed E-state index contributed by atoms with van der Waals surface area (Å²) < 4.78 is 30.2. The third-order valence-electron chi connectivity index (χ3n) is 12.5. The van der Waals surface area contributed by atoms with E-state index in [1.807, 2.05) is 94.1 Å². The first-order valence-electron chi connectivity index (χ1n) is 29.9. The second-order valence-electron chi connectivity index (χ2n) is 20.9. The molecule has 0 radical (unpaired) electrons. The zero-order chi connectivity index (χ0) is 55.0. The molecule has 10 heteroatoms. The molecule has 0 saturated carbocycles. The lowest BCUT2D eigenvalue weighted by molar-refractivity contribution is -0.870. The molecule has 0 aliphatic rings. The Morgan fingerprint density at radius 1 is 0.493 bits per heavy atom. The van der Waals surface area contributed by atoms with Crippen LogP contribution < -0.4 is 10.2 Å². The summed E-state index contributed by atoms with van der Waals surface area (Å²) in [6.07, 6.45) is 74.4. The Hall–Kier alpha value is -3.59. The zero-order valence-electron chi connectivity index (χ0n) is 48.7. The van der Waals surface area contributed by atoms with Gasteiger partial charge in [-0.05, 0) is 89.5 Å². The molecule has 1 amide bonds. The molecule has 0 rings (SSSR count). The smallest absolute Gasteiger partial charge is 0.306 e. The Morgan fingerprint density at radius 3 is 1.44 bits per heavy atom. The van der Waals surface area contributed by atoms with Crippen LogP contribution in [0.15, 0.2) is 122 Å². The number of amides is 1. The molecule has 0 saturated heterocycles. The number of likely N-dealkylation sites (N-methyl/N-ethyl adjacent to an activating group) is 1. The molecular formula is C65H111N2O7P. The maximum atomic E-state index is 13.5. The fourth-order valence-electron chi connectivity index (χ4n) is 7.91. The van der Waals surface area contributed by atoms with Crippen molar-refractivity contribution in [2.75, 3.05) is 40.9 Å². The largest absolute Gasteiger partial charge is 0.756 e. The third-order valence-corrected chi connectivity index (χ3v) is 13.5. The van der Waals surface area contributed by atoms with Crippen molar-refractivity contribution in [2.24, 2.45) is 0 Å². The van der Waals surface area contributed by atoms with Gasteiger partial charge in [0.1, 0.15) is 19.3 Å². The first kappa shape index (κ1) is 71.4. The molecule has 0 bridgehead atoms. The molecule has 0 aromatic carbocycles. The topological polar surface area (TPSA) is 114 Å². The van der Waals surface area contributed by atoms with Crippen molar-refractivity contribution in [3.05, 3.63) is 122 Å². The van der Waals surface area contributed by atoms with Gasteiger partial charge in [0.05, 0.1) is 33.8 Å². The maximum Gasteiger partial charge on any atom is 0.306 e. The van der Waals surface area contributed by atoms with Crippen molar-refractivity contribution in [2.45, 2.75) is 238 Å². The Kier molecular flexibility index (Phi) is 51.2. The number of nitrogens with one attached hydrogen (secondary N) is 1. The van der Waals surface area contributed by atoms with E-state index in [2.05, 4.69) is 74.7 Å². The summed E-state index contributed by atoms with van der Waals surface area (Å²) in [7, 11) is 1.13. The summed E-state index contributed by atoms with van der Waals surface area (Å²) >= 11 is 0. The molecule has 3 atom stereocenters. The predicted octanol–water partition coefficient (Wildman–Crippen LogP) is 17.7. The number of esters is 1. The van der Waals surface area contributed by atoms with Crippen LogP contribution in [0.4, 0.5) is 0 Å². The number of allylic oxidation sites excluding steroid dienone is 19. The number of quaternary nitrogens is 1. The van der Waals surface area contributed by atoms with Crippen molar-refractivity contribution >= 4 is 19.7 Å². The van der Waals surface area contributed by atoms with Crippen molar-refractivity contribution in [3.63, 3.8) is 0 Å². The minimum absolute atomic E-state index is 0.0407. The average molecular weight is 1060 g/mol. The van der Waals surface area contributed by atoms with E-state index in [-0.39, 0.29) is 31.3 Å². The number of unbranched alkanes of at least 4 members (excludes halogenated alkanes) is 23. The minimum atomic E-state index is -4.72. The quantitative estimate of drug-likeness (QED) is 0.0161. The first-order chi connectivity index (χ1) is 36.4. The summed E-state index contributed by atoms with van der Waals surface area (Å²) in [6, 6.07) is -0.926. The van der Waals surface area contributed by atoms with Crippen LogP contribution in [-0.4, -0.2) is 69.4 Å². The highest BCUT2D eigenvalue weighted by molar-refractivity contribution is 7.45. The summed E-state index contributed by atoms with van der Waals surface area (Å²) in [6.45, 7) is 6.61. The number of ether oxygens (including phenoxy) is 1. The molecule has 75 heavy (non-hydrogen) atoms. The van der Waals surface area contributed by atoms with Gasteiger partial charge in [-0.3, -0.25) is 14.2 Å². The molecule has 9 nitrogen and oxygen atoms in total. The summed E-state index contributed by atoms with van der Waals surface area (Å²) in [4.78, 5) is 39.9. The zero-order valence-corrected chi connectivity index (χ0v) is 49.6. The van der Waals surface area contributed by atoms with Crippen molar-refractivity contribution in [1.82, 2.24) is 5.32 Å². The molecule has 1 N–H and O–H groups in total.